The van der Waals surface area contributed by atoms with Crippen LogP contribution in [0.15, 0.2) is 58.3 Å². The third-order valence-corrected chi connectivity index (χ3v) is 5.12. The highest BCUT2D eigenvalue weighted by molar-refractivity contribution is 7.99. The van der Waals surface area contributed by atoms with Gasteiger partial charge in [-0.1, -0.05) is 41.6 Å². The molecule has 4 aromatic rings. The number of H-pyrrole nitrogens is 1. The van der Waals surface area contributed by atoms with Gasteiger partial charge in [0, 0.05) is 29.2 Å². The zero-order valence-electron chi connectivity index (χ0n) is 14.6. The largest absolute Gasteiger partial charge is 0.411 e. The summed E-state index contributed by atoms with van der Waals surface area (Å²) in [6, 6.07) is 11.5. The van der Waals surface area contributed by atoms with Crippen LogP contribution in [0.5, 0.6) is 0 Å². The van der Waals surface area contributed by atoms with E-state index in [1.54, 1.807) is 6.20 Å². The van der Waals surface area contributed by atoms with Crippen LogP contribution in [0.1, 0.15) is 0 Å². The van der Waals surface area contributed by atoms with Crippen molar-refractivity contribution in [3.8, 4) is 11.5 Å². The molecule has 0 atom stereocenters. The number of benzene rings is 2. The Morgan fingerprint density at radius 3 is 2.90 bits per heavy atom. The van der Waals surface area contributed by atoms with Gasteiger partial charge >= 0.3 is 0 Å². The van der Waals surface area contributed by atoms with Crippen LogP contribution in [-0.4, -0.2) is 31.8 Å². The normalized spacial score (nSPS) is 10.9. The molecule has 0 spiro atoms. The van der Waals surface area contributed by atoms with Gasteiger partial charge in [0.05, 0.1) is 26.9 Å². The first-order chi connectivity index (χ1) is 14.0. The van der Waals surface area contributed by atoms with Crippen LogP contribution in [0, 0.1) is 10.1 Å². The molecular formula is C18H12ClN5O4S. The number of halogens is 1. The molecule has 2 aromatic carbocycles. The summed E-state index contributed by atoms with van der Waals surface area (Å²) in [6.07, 6.45) is 1.79. The van der Waals surface area contributed by atoms with E-state index >= 15 is 0 Å². The molecule has 0 bridgehead atoms. The molecule has 0 saturated heterocycles. The number of nitro groups is 1. The van der Waals surface area contributed by atoms with E-state index in [9.17, 15) is 14.9 Å². The van der Waals surface area contributed by atoms with Crippen molar-refractivity contribution in [3.63, 3.8) is 0 Å². The van der Waals surface area contributed by atoms with E-state index in [2.05, 4.69) is 20.5 Å². The summed E-state index contributed by atoms with van der Waals surface area (Å²) in [4.78, 5) is 25.5. The number of anilines is 1. The van der Waals surface area contributed by atoms with Crippen LogP contribution in [-0.2, 0) is 4.79 Å². The van der Waals surface area contributed by atoms with Gasteiger partial charge in [0.25, 0.3) is 16.8 Å². The molecule has 0 aliphatic heterocycles. The van der Waals surface area contributed by atoms with Crippen molar-refractivity contribution in [3.05, 3.63) is 63.8 Å². The standard InChI is InChI=1S/C18H12ClN5O4S/c19-13-7-10(24(26)27)5-6-15(13)21-16(25)9-29-18-23-22-17(28-18)12-8-20-14-4-2-1-3-11(12)14/h1-8,20H,9H2,(H,21,25). The topological polar surface area (TPSA) is 127 Å². The highest BCUT2D eigenvalue weighted by Gasteiger charge is 2.16. The molecule has 2 N–H and O–H groups in total. The molecule has 0 aliphatic carbocycles. The number of hydrogen-bond donors (Lipinski definition) is 2. The third-order valence-electron chi connectivity index (χ3n) is 3.99. The Morgan fingerprint density at radius 2 is 2.10 bits per heavy atom. The van der Waals surface area contributed by atoms with E-state index in [0.29, 0.717) is 5.89 Å². The molecule has 0 unspecified atom stereocenters. The van der Waals surface area contributed by atoms with E-state index in [4.69, 9.17) is 16.0 Å². The second-order valence-corrected chi connectivity index (χ2v) is 7.21. The molecule has 0 fully saturated rings. The lowest BCUT2D eigenvalue weighted by Crippen LogP contribution is -2.14. The lowest BCUT2D eigenvalue weighted by Gasteiger charge is -2.05. The number of carbonyl (C=O) groups is 1. The predicted molar refractivity (Wildman–Crippen MR) is 109 cm³/mol. The molecular weight excluding hydrogens is 418 g/mol. The van der Waals surface area contributed by atoms with Gasteiger partial charge in [-0.15, -0.1) is 10.2 Å². The number of aromatic nitrogens is 3. The Bertz CT molecular complexity index is 1220. The second kappa shape index (κ2) is 7.94. The van der Waals surface area contributed by atoms with E-state index < -0.39 is 4.92 Å². The van der Waals surface area contributed by atoms with Gasteiger partial charge in [-0.05, 0) is 12.1 Å². The van der Waals surface area contributed by atoms with Gasteiger partial charge < -0.3 is 14.7 Å². The molecule has 2 aromatic heterocycles. The van der Waals surface area contributed by atoms with E-state index in [1.807, 2.05) is 24.3 Å². The molecule has 0 aliphatic rings. The SMILES string of the molecule is O=C(CSc1nnc(-c2c[nH]c3ccccc23)o1)Nc1ccc([N+](=O)[O-])cc1Cl. The minimum atomic E-state index is -0.561. The van der Waals surface area contributed by atoms with Gasteiger partial charge in [-0.3, -0.25) is 14.9 Å². The average molecular weight is 430 g/mol. The van der Waals surface area contributed by atoms with Gasteiger partial charge in [-0.2, -0.15) is 0 Å². The van der Waals surface area contributed by atoms with Gasteiger partial charge in [0.15, 0.2) is 0 Å². The van der Waals surface area contributed by atoms with Crippen LogP contribution < -0.4 is 5.32 Å². The molecule has 4 rings (SSSR count). The number of nitro benzene ring substituents is 1. The van der Waals surface area contributed by atoms with Crippen molar-refractivity contribution in [2.75, 3.05) is 11.1 Å². The van der Waals surface area contributed by atoms with E-state index in [-0.39, 0.29) is 33.3 Å². The molecule has 2 heterocycles. The number of non-ortho nitro benzene ring substituents is 1. The van der Waals surface area contributed by atoms with Crippen LogP contribution in [0.3, 0.4) is 0 Å². The summed E-state index contributed by atoms with van der Waals surface area (Å²) >= 11 is 7.04. The maximum absolute atomic E-state index is 12.1. The zero-order chi connectivity index (χ0) is 20.4. The number of nitrogens with one attached hydrogen (secondary N) is 2. The maximum atomic E-state index is 12.1. The summed E-state index contributed by atoms with van der Waals surface area (Å²) in [6.45, 7) is 0. The van der Waals surface area contributed by atoms with Crippen molar-refractivity contribution in [1.82, 2.24) is 15.2 Å². The van der Waals surface area contributed by atoms with E-state index in [0.717, 1.165) is 28.2 Å². The number of hydrogen-bond acceptors (Lipinski definition) is 7. The zero-order valence-corrected chi connectivity index (χ0v) is 16.2. The molecule has 146 valence electrons. The quantitative estimate of drug-likeness (QED) is 0.262. The number of carbonyl (C=O) groups excluding carboxylic acids is 1. The Labute approximate surface area is 172 Å². The van der Waals surface area contributed by atoms with Crippen molar-refractivity contribution >= 4 is 51.5 Å². The Morgan fingerprint density at radius 1 is 1.28 bits per heavy atom. The number of aromatic amines is 1. The number of nitrogens with zero attached hydrogens (tertiary/aromatic N) is 3. The first-order valence-electron chi connectivity index (χ1n) is 8.28. The second-order valence-electron chi connectivity index (χ2n) is 5.88. The lowest BCUT2D eigenvalue weighted by molar-refractivity contribution is -0.384. The Kier molecular flexibility index (Phi) is 5.19. The average Bonchev–Trinajstić information content (AvgIpc) is 3.34. The fourth-order valence-electron chi connectivity index (χ4n) is 2.66. The van der Waals surface area contributed by atoms with Crippen molar-refractivity contribution in [1.29, 1.82) is 0 Å². The van der Waals surface area contributed by atoms with E-state index in [1.165, 1.54) is 18.2 Å². The summed E-state index contributed by atoms with van der Waals surface area (Å²) in [7, 11) is 0. The van der Waals surface area contributed by atoms with Crippen LogP contribution in [0.2, 0.25) is 5.02 Å². The Balaban J connectivity index is 1.40. The smallest absolute Gasteiger partial charge is 0.277 e. The molecule has 11 heteroatoms. The van der Waals surface area contributed by atoms with Crippen molar-refractivity contribution < 1.29 is 14.1 Å². The van der Waals surface area contributed by atoms with Crippen molar-refractivity contribution in [2.45, 2.75) is 5.22 Å². The summed E-state index contributed by atoms with van der Waals surface area (Å²) in [5.74, 6) is -0.00981. The van der Waals surface area contributed by atoms with Crippen LogP contribution >= 0.6 is 23.4 Å². The fourth-order valence-corrected chi connectivity index (χ4v) is 3.44. The molecule has 1 amide bonds. The van der Waals surface area contributed by atoms with Gasteiger partial charge in [0.1, 0.15) is 0 Å². The highest BCUT2D eigenvalue weighted by atomic mass is 35.5. The fraction of sp³-hybridized carbons (Fsp3) is 0.0556. The number of fused-ring (bicyclic) bond motifs is 1. The monoisotopic (exact) mass is 429 g/mol. The summed E-state index contributed by atoms with van der Waals surface area (Å²) in [5.41, 5.74) is 1.86. The van der Waals surface area contributed by atoms with Gasteiger partial charge in [0.2, 0.25) is 5.91 Å². The highest BCUT2D eigenvalue weighted by Crippen LogP contribution is 2.30. The lowest BCUT2D eigenvalue weighted by atomic mass is 10.2. The number of thioether (sulfide) groups is 1. The number of rotatable bonds is 6. The summed E-state index contributed by atoms with van der Waals surface area (Å²) < 4.78 is 5.64. The molecule has 0 saturated carbocycles. The minimum absolute atomic E-state index is 0.00281. The molecule has 9 nitrogen and oxygen atoms in total. The maximum Gasteiger partial charge on any atom is 0.277 e. The number of para-hydroxylation sites is 1. The van der Waals surface area contributed by atoms with Crippen LogP contribution in [0.25, 0.3) is 22.4 Å². The first-order valence-corrected chi connectivity index (χ1v) is 9.64. The number of amides is 1. The van der Waals surface area contributed by atoms with Gasteiger partial charge in [-0.25, -0.2) is 0 Å². The molecule has 29 heavy (non-hydrogen) atoms. The third kappa shape index (κ3) is 4.08. The molecule has 0 radical (unpaired) electrons. The minimum Gasteiger partial charge on any atom is -0.411 e. The summed E-state index contributed by atoms with van der Waals surface area (Å²) in [5, 5.41) is 22.6. The first kappa shape index (κ1) is 19.0. The van der Waals surface area contributed by atoms with Crippen molar-refractivity contribution in [2.24, 2.45) is 0 Å². The predicted octanol–water partition coefficient (Wildman–Crippen LogP) is 4.51. The van der Waals surface area contributed by atoms with Crippen LogP contribution in [0.4, 0.5) is 11.4 Å². The Hall–Kier alpha value is -3.37.